The van der Waals surface area contributed by atoms with Gasteiger partial charge in [-0.25, -0.2) is 9.48 Å². The van der Waals surface area contributed by atoms with Crippen molar-refractivity contribution in [1.82, 2.24) is 24.5 Å². The number of hydrogen-bond donors (Lipinski definition) is 7. The van der Waals surface area contributed by atoms with Crippen molar-refractivity contribution in [3.05, 3.63) is 34.6 Å². The molecule has 16 heteroatoms. The van der Waals surface area contributed by atoms with Gasteiger partial charge in [0.15, 0.2) is 12.5 Å². The molecule has 2 fully saturated rings. The Morgan fingerprint density at radius 1 is 1.03 bits per heavy atom. The quantitative estimate of drug-likeness (QED) is 0.194. The predicted octanol–water partition coefficient (Wildman–Crippen LogP) is -4.95. The molecule has 4 heterocycles. The highest BCUT2D eigenvalue weighted by Gasteiger charge is 2.45. The Bertz CT molecular complexity index is 1030. The molecule has 2 saturated heterocycles. The molecule has 2 aliphatic rings. The van der Waals surface area contributed by atoms with Crippen LogP contribution in [-0.4, -0.2) is 111 Å². The first-order chi connectivity index (χ1) is 16.2. The normalized spacial score (nSPS) is 36.1. The van der Waals surface area contributed by atoms with Crippen LogP contribution in [0.5, 0.6) is 0 Å². The zero-order valence-electron chi connectivity index (χ0n) is 17.7. The summed E-state index contributed by atoms with van der Waals surface area (Å²) in [6, 6.07) is 1.36. The van der Waals surface area contributed by atoms with Gasteiger partial charge >= 0.3 is 5.69 Å². The lowest BCUT2D eigenvalue weighted by Crippen LogP contribution is -2.59. The van der Waals surface area contributed by atoms with Crippen molar-refractivity contribution < 1.29 is 44.8 Å². The van der Waals surface area contributed by atoms with Crippen molar-refractivity contribution in [2.45, 2.75) is 68.4 Å². The first kappa shape index (κ1) is 24.6. The Kier molecular flexibility index (Phi) is 7.22. The number of hydrogen-bond acceptors (Lipinski definition) is 14. The zero-order valence-corrected chi connectivity index (χ0v) is 17.7. The molecule has 0 unspecified atom stereocenters. The molecule has 0 radical (unpaired) electrons. The molecular weight excluding hydrogens is 460 g/mol. The number of aliphatic hydroxyl groups excluding tert-OH is 6. The van der Waals surface area contributed by atoms with Gasteiger partial charge in [-0.15, -0.1) is 5.10 Å². The molecule has 2 aliphatic heterocycles. The molecule has 0 bridgehead atoms. The summed E-state index contributed by atoms with van der Waals surface area (Å²) in [6.07, 6.45) is -9.19. The van der Waals surface area contributed by atoms with E-state index in [2.05, 4.69) is 15.3 Å². The first-order valence-electron chi connectivity index (χ1n) is 10.4. The lowest BCUT2D eigenvalue weighted by molar-refractivity contribution is -0.304. The summed E-state index contributed by atoms with van der Waals surface area (Å²) in [7, 11) is 0. The maximum absolute atomic E-state index is 12.0. The van der Waals surface area contributed by atoms with Crippen molar-refractivity contribution in [1.29, 1.82) is 0 Å². The summed E-state index contributed by atoms with van der Waals surface area (Å²) in [4.78, 5) is 15.6. The third-order valence-electron chi connectivity index (χ3n) is 5.66. The minimum Gasteiger partial charge on any atom is -0.394 e. The van der Waals surface area contributed by atoms with Gasteiger partial charge in [-0.2, -0.15) is 4.98 Å². The van der Waals surface area contributed by atoms with Crippen LogP contribution in [0.15, 0.2) is 23.3 Å². The van der Waals surface area contributed by atoms with Gasteiger partial charge in [0.25, 0.3) is 0 Å². The Morgan fingerprint density at radius 3 is 2.47 bits per heavy atom. The molecule has 188 valence electrons. The summed E-state index contributed by atoms with van der Waals surface area (Å²) in [5.74, 6) is 0.00640. The molecule has 0 aromatic carbocycles. The molecule has 2 aromatic heterocycles. The van der Waals surface area contributed by atoms with Crippen LogP contribution in [0.25, 0.3) is 0 Å². The van der Waals surface area contributed by atoms with Gasteiger partial charge in [-0.1, -0.05) is 5.21 Å². The topological polar surface area (TPSA) is 241 Å². The van der Waals surface area contributed by atoms with Gasteiger partial charge in [0.1, 0.15) is 54.2 Å². The van der Waals surface area contributed by atoms with Crippen LogP contribution in [-0.2, 0) is 27.4 Å². The average Bonchev–Trinajstić information content (AvgIpc) is 3.37. The van der Waals surface area contributed by atoms with E-state index >= 15 is 0 Å². The summed E-state index contributed by atoms with van der Waals surface area (Å²) < 4.78 is 18.7. The summed E-state index contributed by atoms with van der Waals surface area (Å²) in [5, 5.41) is 67.4. The van der Waals surface area contributed by atoms with Gasteiger partial charge < -0.3 is 50.6 Å². The molecule has 34 heavy (non-hydrogen) atoms. The van der Waals surface area contributed by atoms with E-state index < -0.39 is 67.5 Å². The second-order valence-corrected chi connectivity index (χ2v) is 8.03. The summed E-state index contributed by atoms with van der Waals surface area (Å²) in [5.41, 5.74) is 5.01. The van der Waals surface area contributed by atoms with Crippen LogP contribution in [0.2, 0.25) is 0 Å². The highest BCUT2D eigenvalue weighted by atomic mass is 16.7. The Labute approximate surface area is 191 Å². The third kappa shape index (κ3) is 4.81. The highest BCUT2D eigenvalue weighted by Crippen LogP contribution is 2.29. The number of nitrogens with two attached hydrogens (primary N) is 1. The van der Waals surface area contributed by atoms with Crippen LogP contribution >= 0.6 is 0 Å². The number of rotatable bonds is 7. The molecule has 4 rings (SSSR count). The second kappa shape index (κ2) is 9.98. The van der Waals surface area contributed by atoms with Crippen LogP contribution in [0.1, 0.15) is 11.9 Å². The van der Waals surface area contributed by atoms with Crippen LogP contribution in [0.3, 0.4) is 0 Å². The SMILES string of the molecule is Nc1ccn([C@@H]2O[C@H](Cn3cc(CO[C@@H]4O[C@H](CO)[C@H](O)[C@H](O)[C@H]4O)nn3)[C@@H](O)[C@H]2O)c(=O)n1. The lowest BCUT2D eigenvalue weighted by Gasteiger charge is -2.39. The van der Waals surface area contributed by atoms with Crippen LogP contribution < -0.4 is 11.4 Å². The van der Waals surface area contributed by atoms with Gasteiger partial charge in [-0.05, 0) is 6.07 Å². The second-order valence-electron chi connectivity index (χ2n) is 8.03. The van der Waals surface area contributed by atoms with E-state index in [4.69, 9.17) is 19.9 Å². The maximum Gasteiger partial charge on any atom is 0.351 e. The van der Waals surface area contributed by atoms with Crippen molar-refractivity contribution in [2.24, 2.45) is 0 Å². The number of aliphatic hydroxyl groups is 6. The standard InChI is InChI=1S/C18H26N6O10/c19-10-1-2-24(18(31)20-10)16-14(29)11(26)8(33-16)4-23-3-7(21-22-23)6-32-17-15(30)13(28)12(27)9(5-25)34-17/h1-3,8-9,11-17,25-30H,4-6H2,(H2,19,20,31)/t8-,9-,11-,12+,13+,14-,15-,16-,17-/m1/s1. The minimum absolute atomic E-state index is 0.00640. The highest BCUT2D eigenvalue weighted by molar-refractivity contribution is 5.23. The molecule has 2 aromatic rings. The van der Waals surface area contributed by atoms with E-state index in [9.17, 15) is 35.4 Å². The molecule has 0 aliphatic carbocycles. The first-order valence-corrected chi connectivity index (χ1v) is 10.4. The number of nitrogens with zero attached hydrogens (tertiary/aromatic N) is 5. The summed E-state index contributed by atoms with van der Waals surface area (Å²) in [6.45, 7) is -0.816. The van der Waals surface area contributed by atoms with E-state index in [1.165, 1.54) is 23.1 Å². The van der Waals surface area contributed by atoms with Crippen LogP contribution in [0.4, 0.5) is 5.82 Å². The molecule has 8 N–H and O–H groups in total. The van der Waals surface area contributed by atoms with E-state index in [-0.39, 0.29) is 19.0 Å². The number of ether oxygens (including phenoxy) is 3. The van der Waals surface area contributed by atoms with E-state index in [0.29, 0.717) is 5.69 Å². The van der Waals surface area contributed by atoms with Crippen molar-refractivity contribution in [3.63, 3.8) is 0 Å². The van der Waals surface area contributed by atoms with E-state index in [1.807, 2.05) is 0 Å². The molecule has 0 amide bonds. The maximum atomic E-state index is 12.0. The van der Waals surface area contributed by atoms with Crippen molar-refractivity contribution in [2.75, 3.05) is 12.3 Å². The Balaban J connectivity index is 1.36. The predicted molar refractivity (Wildman–Crippen MR) is 107 cm³/mol. The lowest BCUT2D eigenvalue weighted by atomic mass is 9.99. The molecular formula is C18H26N6O10. The van der Waals surface area contributed by atoms with Gasteiger partial charge in [0.2, 0.25) is 0 Å². The zero-order chi connectivity index (χ0) is 24.6. The van der Waals surface area contributed by atoms with Crippen molar-refractivity contribution in [3.8, 4) is 0 Å². The fourth-order valence-electron chi connectivity index (χ4n) is 3.78. The average molecular weight is 486 g/mol. The molecule has 0 spiro atoms. The Morgan fingerprint density at radius 2 is 1.76 bits per heavy atom. The fourth-order valence-corrected chi connectivity index (χ4v) is 3.78. The Hall–Kier alpha value is -2.54. The minimum atomic E-state index is -1.57. The van der Waals surface area contributed by atoms with E-state index in [1.54, 1.807) is 0 Å². The van der Waals surface area contributed by atoms with Gasteiger partial charge in [0, 0.05) is 6.20 Å². The van der Waals surface area contributed by atoms with Gasteiger partial charge in [0.05, 0.1) is 26.0 Å². The largest absolute Gasteiger partial charge is 0.394 e. The van der Waals surface area contributed by atoms with E-state index in [0.717, 1.165) is 4.57 Å². The monoisotopic (exact) mass is 486 g/mol. The third-order valence-corrected chi connectivity index (χ3v) is 5.66. The molecule has 16 nitrogen and oxygen atoms in total. The number of nitrogen functional groups attached to an aromatic ring is 1. The summed E-state index contributed by atoms with van der Waals surface area (Å²) >= 11 is 0. The molecule has 9 atom stereocenters. The van der Waals surface area contributed by atoms with Gasteiger partial charge in [-0.3, -0.25) is 4.57 Å². The molecule has 0 saturated carbocycles. The fraction of sp³-hybridized carbons (Fsp3) is 0.667. The number of anilines is 1. The smallest absolute Gasteiger partial charge is 0.351 e. The van der Waals surface area contributed by atoms with Crippen LogP contribution in [0, 0.1) is 0 Å². The van der Waals surface area contributed by atoms with Crippen molar-refractivity contribution >= 4 is 5.82 Å². The number of aromatic nitrogens is 5.